The van der Waals surface area contributed by atoms with E-state index in [-0.39, 0.29) is 5.82 Å². The van der Waals surface area contributed by atoms with Gasteiger partial charge in [0, 0.05) is 17.7 Å². The van der Waals surface area contributed by atoms with Crippen molar-refractivity contribution in [1.29, 1.82) is 0 Å². The average Bonchev–Trinajstić information content (AvgIpc) is 2.26. The summed E-state index contributed by atoms with van der Waals surface area (Å²) in [5, 5.41) is 0. The van der Waals surface area contributed by atoms with Crippen LogP contribution in [0.2, 0.25) is 0 Å². The zero-order valence-corrected chi connectivity index (χ0v) is 9.05. The lowest BCUT2D eigenvalue weighted by Gasteiger charge is -2.12. The Kier molecular flexibility index (Phi) is 4.16. The number of hydrogen-bond donors (Lipinski definition) is 0. The fraction of sp³-hybridized carbons (Fsp3) is 0.333. The maximum atomic E-state index is 13.1. The van der Waals surface area contributed by atoms with Gasteiger partial charge in [0.25, 0.3) is 0 Å². The van der Waals surface area contributed by atoms with E-state index < -0.39 is 0 Å². The van der Waals surface area contributed by atoms with E-state index in [1.807, 2.05) is 6.08 Å². The van der Waals surface area contributed by atoms with Crippen molar-refractivity contribution in [3.05, 3.63) is 36.2 Å². The van der Waals surface area contributed by atoms with Crippen LogP contribution in [0.15, 0.2) is 24.8 Å². The predicted molar refractivity (Wildman–Crippen MR) is 58.0 cm³/mol. The van der Waals surface area contributed by atoms with Crippen LogP contribution in [-0.2, 0) is 6.42 Å². The molecule has 0 N–H and O–H groups in total. The van der Waals surface area contributed by atoms with Crippen LogP contribution in [0, 0.1) is 5.82 Å². The van der Waals surface area contributed by atoms with E-state index >= 15 is 0 Å². The molecular weight excluding hydrogens is 195 g/mol. The molecule has 0 amide bonds. The van der Waals surface area contributed by atoms with E-state index in [2.05, 4.69) is 6.58 Å². The first kappa shape index (κ1) is 11.6. The fourth-order valence-corrected chi connectivity index (χ4v) is 1.44. The molecule has 2 nitrogen and oxygen atoms in total. The maximum absolute atomic E-state index is 13.1. The van der Waals surface area contributed by atoms with Crippen molar-refractivity contribution in [2.24, 2.45) is 0 Å². The number of rotatable bonds is 5. The van der Waals surface area contributed by atoms with Crippen molar-refractivity contribution in [3.63, 3.8) is 0 Å². The molecule has 0 radical (unpaired) electrons. The Balaban J connectivity index is 3.11. The monoisotopic (exact) mass is 210 g/mol. The first-order valence-electron chi connectivity index (χ1n) is 4.74. The van der Waals surface area contributed by atoms with E-state index in [1.165, 1.54) is 26.4 Å². The van der Waals surface area contributed by atoms with Crippen molar-refractivity contribution in [2.75, 3.05) is 14.2 Å². The molecule has 0 fully saturated rings. The van der Waals surface area contributed by atoms with E-state index in [9.17, 15) is 4.39 Å². The van der Waals surface area contributed by atoms with Gasteiger partial charge in [-0.3, -0.25) is 0 Å². The van der Waals surface area contributed by atoms with Crippen molar-refractivity contribution in [3.8, 4) is 11.5 Å². The highest BCUT2D eigenvalue weighted by atomic mass is 19.1. The lowest BCUT2D eigenvalue weighted by Crippen LogP contribution is -1.98. The van der Waals surface area contributed by atoms with Crippen molar-refractivity contribution in [2.45, 2.75) is 12.8 Å². The number of allylic oxidation sites excluding steroid dienone is 1. The summed E-state index contributed by atoms with van der Waals surface area (Å²) in [6.45, 7) is 3.65. The van der Waals surface area contributed by atoms with E-state index in [4.69, 9.17) is 9.47 Å². The quantitative estimate of drug-likeness (QED) is 0.695. The van der Waals surface area contributed by atoms with Crippen LogP contribution in [0.5, 0.6) is 11.5 Å². The highest BCUT2D eigenvalue weighted by molar-refractivity contribution is 5.45. The van der Waals surface area contributed by atoms with Gasteiger partial charge < -0.3 is 9.47 Å². The molecule has 1 aromatic carbocycles. The highest BCUT2D eigenvalue weighted by Gasteiger charge is 2.11. The van der Waals surface area contributed by atoms with Gasteiger partial charge in [0.1, 0.15) is 17.3 Å². The van der Waals surface area contributed by atoms with Gasteiger partial charge in [-0.25, -0.2) is 4.39 Å². The van der Waals surface area contributed by atoms with Crippen LogP contribution in [0.1, 0.15) is 12.0 Å². The molecule has 1 rings (SSSR count). The Hall–Kier alpha value is -1.51. The van der Waals surface area contributed by atoms with Crippen molar-refractivity contribution < 1.29 is 13.9 Å². The third-order valence-electron chi connectivity index (χ3n) is 2.17. The molecule has 15 heavy (non-hydrogen) atoms. The topological polar surface area (TPSA) is 18.5 Å². The molecule has 0 heterocycles. The van der Waals surface area contributed by atoms with Gasteiger partial charge in [0.05, 0.1) is 14.2 Å². The predicted octanol–water partition coefficient (Wildman–Crippen LogP) is 2.96. The number of ether oxygens (including phenoxy) is 2. The molecular formula is C12H15FO2. The van der Waals surface area contributed by atoms with Crippen LogP contribution in [-0.4, -0.2) is 14.2 Å². The van der Waals surface area contributed by atoms with E-state index in [1.54, 1.807) is 0 Å². The summed E-state index contributed by atoms with van der Waals surface area (Å²) in [6, 6.07) is 2.72. The molecule has 0 unspecified atom stereocenters. The summed E-state index contributed by atoms with van der Waals surface area (Å²) in [4.78, 5) is 0. The SMILES string of the molecule is C=CCCc1c(OC)cc(F)cc1OC. The molecule has 0 aliphatic heterocycles. The van der Waals surface area contributed by atoms with Crippen molar-refractivity contribution >= 4 is 0 Å². The Labute approximate surface area is 89.3 Å². The Morgan fingerprint density at radius 2 is 1.80 bits per heavy atom. The minimum absolute atomic E-state index is 0.356. The second-order valence-electron chi connectivity index (χ2n) is 3.12. The highest BCUT2D eigenvalue weighted by Crippen LogP contribution is 2.31. The molecule has 0 aliphatic carbocycles. The second kappa shape index (κ2) is 5.39. The molecule has 0 bridgehead atoms. The van der Waals surface area contributed by atoms with Crippen LogP contribution in [0.4, 0.5) is 4.39 Å². The maximum Gasteiger partial charge on any atom is 0.130 e. The minimum Gasteiger partial charge on any atom is -0.496 e. The minimum atomic E-state index is -0.356. The zero-order valence-electron chi connectivity index (χ0n) is 9.05. The Bertz CT molecular complexity index is 322. The van der Waals surface area contributed by atoms with Gasteiger partial charge in [-0.2, -0.15) is 0 Å². The van der Waals surface area contributed by atoms with Gasteiger partial charge in [-0.15, -0.1) is 6.58 Å². The molecule has 1 aromatic rings. The van der Waals surface area contributed by atoms with Gasteiger partial charge in [0.15, 0.2) is 0 Å². The third kappa shape index (κ3) is 2.72. The van der Waals surface area contributed by atoms with E-state index in [0.717, 1.165) is 18.4 Å². The third-order valence-corrected chi connectivity index (χ3v) is 2.17. The molecule has 0 aromatic heterocycles. The van der Waals surface area contributed by atoms with Crippen LogP contribution in [0.25, 0.3) is 0 Å². The first-order valence-corrected chi connectivity index (χ1v) is 4.74. The fourth-order valence-electron chi connectivity index (χ4n) is 1.44. The molecule has 0 aliphatic rings. The molecule has 3 heteroatoms. The molecule has 0 atom stereocenters. The smallest absolute Gasteiger partial charge is 0.130 e. The van der Waals surface area contributed by atoms with Crippen LogP contribution >= 0.6 is 0 Å². The standard InChI is InChI=1S/C12H15FO2/c1-4-5-6-10-11(14-2)7-9(13)8-12(10)15-3/h4,7-8H,1,5-6H2,2-3H3. The van der Waals surface area contributed by atoms with Crippen molar-refractivity contribution in [1.82, 2.24) is 0 Å². The number of benzene rings is 1. The summed E-state index contributed by atoms with van der Waals surface area (Å²) in [5.41, 5.74) is 0.876. The van der Waals surface area contributed by atoms with Gasteiger partial charge in [0.2, 0.25) is 0 Å². The number of methoxy groups -OCH3 is 2. The number of halogens is 1. The summed E-state index contributed by atoms with van der Waals surface area (Å²) < 4.78 is 23.3. The lowest BCUT2D eigenvalue weighted by atomic mass is 10.1. The summed E-state index contributed by atoms with van der Waals surface area (Å²) in [7, 11) is 3.04. The van der Waals surface area contributed by atoms with Crippen LogP contribution < -0.4 is 9.47 Å². The molecule has 0 spiro atoms. The molecule has 82 valence electrons. The lowest BCUT2D eigenvalue weighted by molar-refractivity contribution is 0.380. The normalized spacial score (nSPS) is 9.80. The Morgan fingerprint density at radius 1 is 1.27 bits per heavy atom. The largest absolute Gasteiger partial charge is 0.496 e. The average molecular weight is 210 g/mol. The second-order valence-corrected chi connectivity index (χ2v) is 3.12. The van der Waals surface area contributed by atoms with Crippen LogP contribution in [0.3, 0.4) is 0 Å². The Morgan fingerprint density at radius 3 is 2.20 bits per heavy atom. The first-order chi connectivity index (χ1) is 7.22. The van der Waals surface area contributed by atoms with Gasteiger partial charge in [-0.1, -0.05) is 6.08 Å². The van der Waals surface area contributed by atoms with E-state index in [0.29, 0.717) is 11.5 Å². The van der Waals surface area contributed by atoms with Gasteiger partial charge >= 0.3 is 0 Å². The molecule has 0 saturated heterocycles. The van der Waals surface area contributed by atoms with Gasteiger partial charge in [-0.05, 0) is 12.8 Å². The summed E-state index contributed by atoms with van der Waals surface area (Å²) in [5.74, 6) is 0.688. The zero-order chi connectivity index (χ0) is 11.3. The summed E-state index contributed by atoms with van der Waals surface area (Å²) >= 11 is 0. The number of hydrogen-bond acceptors (Lipinski definition) is 2. The molecule has 0 saturated carbocycles. The summed E-state index contributed by atoms with van der Waals surface area (Å²) in [6.07, 6.45) is 3.34.